The molecule has 1 aromatic carbocycles. The smallest absolute Gasteiger partial charge is 0.269 e. The standard InChI is InChI=1S/C16H20N4O5/c21-15(12-1-3-13(4-2-12)20(23)24)18-6-8-19(9-7-18)16(22)14-11-17-5-10-25-14/h1-4,14,17H,5-11H2. The third-order valence-corrected chi connectivity index (χ3v) is 4.41. The van der Waals surface area contributed by atoms with Crippen LogP contribution >= 0.6 is 0 Å². The fourth-order valence-corrected chi connectivity index (χ4v) is 2.97. The predicted octanol–water partition coefficient (Wildman–Crippen LogP) is -0.132. The monoisotopic (exact) mass is 348 g/mol. The Balaban J connectivity index is 1.55. The van der Waals surface area contributed by atoms with Crippen LogP contribution in [0.2, 0.25) is 0 Å². The van der Waals surface area contributed by atoms with Crippen molar-refractivity contribution < 1.29 is 19.2 Å². The molecule has 2 saturated heterocycles. The van der Waals surface area contributed by atoms with Crippen LogP contribution in [-0.2, 0) is 9.53 Å². The molecule has 2 aliphatic heterocycles. The van der Waals surface area contributed by atoms with Crippen molar-refractivity contribution in [1.29, 1.82) is 0 Å². The maximum absolute atomic E-state index is 12.5. The highest BCUT2D eigenvalue weighted by molar-refractivity contribution is 5.94. The van der Waals surface area contributed by atoms with Gasteiger partial charge in [-0.1, -0.05) is 0 Å². The number of benzene rings is 1. The zero-order valence-electron chi connectivity index (χ0n) is 13.7. The van der Waals surface area contributed by atoms with Crippen molar-refractivity contribution in [2.75, 3.05) is 45.9 Å². The molecule has 1 atom stereocenters. The van der Waals surface area contributed by atoms with E-state index in [9.17, 15) is 19.7 Å². The average molecular weight is 348 g/mol. The van der Waals surface area contributed by atoms with E-state index in [0.717, 1.165) is 6.54 Å². The number of non-ortho nitro benzene ring substituents is 1. The van der Waals surface area contributed by atoms with Gasteiger partial charge in [0.25, 0.3) is 17.5 Å². The number of morpholine rings is 1. The van der Waals surface area contributed by atoms with Crippen molar-refractivity contribution in [3.63, 3.8) is 0 Å². The fourth-order valence-electron chi connectivity index (χ4n) is 2.97. The number of hydrogen-bond donors (Lipinski definition) is 1. The Morgan fingerprint density at radius 1 is 1.12 bits per heavy atom. The minimum absolute atomic E-state index is 0.0466. The van der Waals surface area contributed by atoms with Gasteiger partial charge in [-0.2, -0.15) is 0 Å². The first-order valence-electron chi connectivity index (χ1n) is 8.21. The molecule has 2 amide bonds. The van der Waals surface area contributed by atoms with Crippen molar-refractivity contribution in [2.24, 2.45) is 0 Å². The molecule has 0 bridgehead atoms. The third-order valence-electron chi connectivity index (χ3n) is 4.41. The number of piperazine rings is 1. The second kappa shape index (κ2) is 7.58. The molecule has 0 radical (unpaired) electrons. The van der Waals surface area contributed by atoms with Gasteiger partial charge in [0.15, 0.2) is 0 Å². The first-order valence-corrected chi connectivity index (χ1v) is 8.21. The highest BCUT2D eigenvalue weighted by Crippen LogP contribution is 2.15. The Morgan fingerprint density at radius 3 is 2.32 bits per heavy atom. The van der Waals surface area contributed by atoms with Gasteiger partial charge in [-0.3, -0.25) is 19.7 Å². The Bertz CT molecular complexity index is 649. The molecule has 2 fully saturated rings. The number of carbonyl (C=O) groups excluding carboxylic acids is 2. The molecule has 9 heteroatoms. The van der Waals surface area contributed by atoms with E-state index in [0.29, 0.717) is 44.9 Å². The SMILES string of the molecule is O=C(c1ccc([N+](=O)[O-])cc1)N1CCN(C(=O)C2CNCCO2)CC1. The highest BCUT2D eigenvalue weighted by atomic mass is 16.6. The summed E-state index contributed by atoms with van der Waals surface area (Å²) in [5.41, 5.74) is 0.359. The molecular weight excluding hydrogens is 328 g/mol. The van der Waals surface area contributed by atoms with E-state index in [1.807, 2.05) is 0 Å². The maximum atomic E-state index is 12.5. The van der Waals surface area contributed by atoms with Crippen LogP contribution in [0.5, 0.6) is 0 Å². The molecule has 0 saturated carbocycles. The van der Waals surface area contributed by atoms with Crippen LogP contribution in [0.3, 0.4) is 0 Å². The Morgan fingerprint density at radius 2 is 1.76 bits per heavy atom. The molecule has 1 N–H and O–H groups in total. The molecule has 0 aliphatic carbocycles. The summed E-state index contributed by atoms with van der Waals surface area (Å²) in [7, 11) is 0. The van der Waals surface area contributed by atoms with E-state index in [1.54, 1.807) is 9.80 Å². The number of nitro groups is 1. The summed E-state index contributed by atoms with van der Waals surface area (Å²) < 4.78 is 5.48. The summed E-state index contributed by atoms with van der Waals surface area (Å²) >= 11 is 0. The van der Waals surface area contributed by atoms with Gasteiger partial charge in [0.2, 0.25) is 0 Å². The first-order chi connectivity index (χ1) is 12.1. The molecule has 134 valence electrons. The minimum Gasteiger partial charge on any atom is -0.366 e. The summed E-state index contributed by atoms with van der Waals surface area (Å²) in [6, 6.07) is 5.56. The van der Waals surface area contributed by atoms with E-state index in [1.165, 1.54) is 24.3 Å². The number of ether oxygens (including phenoxy) is 1. The van der Waals surface area contributed by atoms with Crippen LogP contribution in [0, 0.1) is 10.1 Å². The molecule has 2 heterocycles. The quantitative estimate of drug-likeness (QED) is 0.602. The van der Waals surface area contributed by atoms with E-state index >= 15 is 0 Å². The summed E-state index contributed by atoms with van der Waals surface area (Å²) in [6.07, 6.45) is -0.453. The number of carbonyl (C=O) groups is 2. The number of amides is 2. The largest absolute Gasteiger partial charge is 0.366 e. The van der Waals surface area contributed by atoms with Gasteiger partial charge in [-0.15, -0.1) is 0 Å². The van der Waals surface area contributed by atoms with Crippen molar-refractivity contribution in [1.82, 2.24) is 15.1 Å². The summed E-state index contributed by atoms with van der Waals surface area (Å²) in [5.74, 6) is -0.229. The molecule has 25 heavy (non-hydrogen) atoms. The van der Waals surface area contributed by atoms with Crippen LogP contribution in [0.15, 0.2) is 24.3 Å². The Labute approximate surface area is 144 Å². The van der Waals surface area contributed by atoms with Gasteiger partial charge >= 0.3 is 0 Å². The van der Waals surface area contributed by atoms with E-state index < -0.39 is 11.0 Å². The molecule has 2 aliphatic rings. The number of hydrogen-bond acceptors (Lipinski definition) is 6. The molecule has 3 rings (SSSR count). The number of nitrogens with one attached hydrogen (secondary N) is 1. The normalized spacial score (nSPS) is 21.0. The van der Waals surface area contributed by atoms with Gasteiger partial charge in [-0.05, 0) is 12.1 Å². The molecule has 1 aromatic rings. The summed E-state index contributed by atoms with van der Waals surface area (Å²) in [5, 5.41) is 13.8. The van der Waals surface area contributed by atoms with Gasteiger partial charge in [0.1, 0.15) is 6.10 Å². The Hall–Kier alpha value is -2.52. The van der Waals surface area contributed by atoms with Gasteiger partial charge < -0.3 is 19.9 Å². The third kappa shape index (κ3) is 3.94. The van der Waals surface area contributed by atoms with Crippen molar-refractivity contribution in [2.45, 2.75) is 6.10 Å². The van der Waals surface area contributed by atoms with Gasteiger partial charge in [-0.25, -0.2) is 0 Å². The lowest BCUT2D eigenvalue weighted by atomic mass is 10.1. The first kappa shape index (κ1) is 17.3. The highest BCUT2D eigenvalue weighted by Gasteiger charge is 2.30. The number of nitrogens with zero attached hydrogens (tertiary/aromatic N) is 3. The van der Waals surface area contributed by atoms with E-state index in [4.69, 9.17) is 4.74 Å². The topological polar surface area (TPSA) is 105 Å². The zero-order chi connectivity index (χ0) is 17.8. The minimum atomic E-state index is -0.499. The van der Waals surface area contributed by atoms with Gasteiger partial charge in [0.05, 0.1) is 11.5 Å². The van der Waals surface area contributed by atoms with Crippen molar-refractivity contribution >= 4 is 17.5 Å². The van der Waals surface area contributed by atoms with Crippen molar-refractivity contribution in [3.8, 4) is 0 Å². The molecular formula is C16H20N4O5. The van der Waals surface area contributed by atoms with Crippen LogP contribution in [0.1, 0.15) is 10.4 Å². The van der Waals surface area contributed by atoms with Crippen LogP contribution in [0.4, 0.5) is 5.69 Å². The average Bonchev–Trinajstić information content (AvgIpc) is 2.67. The maximum Gasteiger partial charge on any atom is 0.269 e. The lowest BCUT2D eigenvalue weighted by Crippen LogP contribution is -2.56. The molecule has 0 aromatic heterocycles. The second-order valence-electron chi connectivity index (χ2n) is 5.99. The molecule has 1 unspecified atom stereocenters. The van der Waals surface area contributed by atoms with Gasteiger partial charge in [0, 0.05) is 57.0 Å². The van der Waals surface area contributed by atoms with Crippen LogP contribution < -0.4 is 5.32 Å². The Kier molecular flexibility index (Phi) is 5.25. The summed E-state index contributed by atoms with van der Waals surface area (Å²) in [6.45, 7) is 3.56. The second-order valence-corrected chi connectivity index (χ2v) is 5.99. The van der Waals surface area contributed by atoms with Crippen LogP contribution in [0.25, 0.3) is 0 Å². The fraction of sp³-hybridized carbons (Fsp3) is 0.500. The van der Waals surface area contributed by atoms with E-state index in [2.05, 4.69) is 5.32 Å². The molecule has 9 nitrogen and oxygen atoms in total. The lowest BCUT2D eigenvalue weighted by molar-refractivity contribution is -0.384. The van der Waals surface area contributed by atoms with Crippen molar-refractivity contribution in [3.05, 3.63) is 39.9 Å². The van der Waals surface area contributed by atoms with E-state index in [-0.39, 0.29) is 17.5 Å². The lowest BCUT2D eigenvalue weighted by Gasteiger charge is -2.37. The number of rotatable bonds is 3. The predicted molar refractivity (Wildman–Crippen MR) is 88.2 cm³/mol. The summed E-state index contributed by atoms with van der Waals surface area (Å²) in [4.78, 5) is 38.4. The molecule has 0 spiro atoms. The number of nitro benzene ring substituents is 1. The zero-order valence-corrected chi connectivity index (χ0v) is 13.7. The van der Waals surface area contributed by atoms with Crippen LogP contribution in [-0.4, -0.2) is 78.5 Å².